The number of aromatic nitrogens is 2. The third kappa shape index (κ3) is 4.42. The largest absolute Gasteiger partial charge is 0.495 e. The maximum atomic E-state index is 15.4. The number of sulfonamides is 1. The van der Waals surface area contributed by atoms with Gasteiger partial charge >= 0.3 is 0 Å². The summed E-state index contributed by atoms with van der Waals surface area (Å²) in [4.78, 5) is 14.0. The Morgan fingerprint density at radius 2 is 1.70 bits per heavy atom. The van der Waals surface area contributed by atoms with E-state index in [0.717, 1.165) is 34.8 Å². The molecule has 2 aromatic heterocycles. The highest BCUT2D eigenvalue weighted by atomic mass is 32.2. The molecule has 0 spiro atoms. The maximum absolute atomic E-state index is 15.4. The van der Waals surface area contributed by atoms with E-state index in [9.17, 15) is 22.0 Å². The van der Waals surface area contributed by atoms with Crippen molar-refractivity contribution in [1.82, 2.24) is 10.1 Å². The van der Waals surface area contributed by atoms with Gasteiger partial charge in [0.05, 0.1) is 12.0 Å². The SMILES string of the molecule is COc1cc(-c2cc(F)cc(F)c2)c(F)cc1N(c1ccon1)S(=O)(=O)c1ccc2[nH]c(=O)ccc2c1. The molecule has 0 fully saturated rings. The van der Waals surface area contributed by atoms with E-state index in [4.69, 9.17) is 9.26 Å². The lowest BCUT2D eigenvalue weighted by Gasteiger charge is -2.24. The molecule has 1 N–H and O–H groups in total. The Morgan fingerprint density at radius 1 is 0.946 bits per heavy atom. The molecule has 0 saturated heterocycles. The molecule has 0 atom stereocenters. The molecule has 0 bridgehead atoms. The number of rotatable bonds is 6. The number of pyridine rings is 1. The number of anilines is 2. The quantitative estimate of drug-likeness (QED) is 0.328. The molecule has 5 aromatic rings. The Morgan fingerprint density at radius 3 is 2.38 bits per heavy atom. The minimum Gasteiger partial charge on any atom is -0.495 e. The molecule has 188 valence electrons. The van der Waals surface area contributed by atoms with E-state index in [1.165, 1.54) is 43.5 Å². The Kier molecular flexibility index (Phi) is 5.96. The average molecular weight is 527 g/mol. The summed E-state index contributed by atoms with van der Waals surface area (Å²) in [6.45, 7) is 0. The lowest BCUT2D eigenvalue weighted by Crippen LogP contribution is -2.27. The monoisotopic (exact) mass is 527 g/mol. The second-order valence-electron chi connectivity index (χ2n) is 7.86. The van der Waals surface area contributed by atoms with Crippen LogP contribution in [0, 0.1) is 17.5 Å². The molecule has 0 unspecified atom stereocenters. The number of nitrogens with one attached hydrogen (secondary N) is 1. The predicted molar refractivity (Wildman–Crippen MR) is 129 cm³/mol. The van der Waals surface area contributed by atoms with Crippen molar-refractivity contribution in [2.24, 2.45) is 0 Å². The second kappa shape index (κ2) is 9.13. The number of methoxy groups -OCH3 is 1. The Bertz CT molecular complexity index is 1780. The molecule has 12 heteroatoms. The highest BCUT2D eigenvalue weighted by Crippen LogP contribution is 2.41. The molecule has 2 heterocycles. The lowest BCUT2D eigenvalue weighted by atomic mass is 10.0. The number of aromatic amines is 1. The standard InChI is InChI=1S/C25H16F3N3O5S/c1-35-23-12-19(15-8-16(26)11-17(27)9-15)20(28)13-22(23)31(24-6-7-36-30-24)37(33,34)18-3-4-21-14(10-18)2-5-25(32)29-21/h2-13H,1H3,(H,29,32). The second-order valence-corrected chi connectivity index (χ2v) is 9.65. The molecular weight excluding hydrogens is 511 g/mol. The van der Waals surface area contributed by atoms with Crippen molar-refractivity contribution in [1.29, 1.82) is 0 Å². The summed E-state index contributed by atoms with van der Waals surface area (Å²) in [7, 11) is -3.24. The molecule has 0 radical (unpaired) electrons. The number of halogens is 3. The van der Waals surface area contributed by atoms with Gasteiger partial charge in [0, 0.05) is 35.3 Å². The summed E-state index contributed by atoms with van der Waals surface area (Å²) in [5.74, 6) is -3.13. The van der Waals surface area contributed by atoms with Crippen LogP contribution in [0.2, 0.25) is 0 Å². The van der Waals surface area contributed by atoms with Gasteiger partial charge < -0.3 is 14.2 Å². The number of nitrogens with zero attached hydrogens (tertiary/aromatic N) is 2. The molecule has 0 amide bonds. The Balaban J connectivity index is 1.71. The van der Waals surface area contributed by atoms with Crippen LogP contribution in [0.5, 0.6) is 5.75 Å². The van der Waals surface area contributed by atoms with Crippen LogP contribution < -0.4 is 14.6 Å². The van der Waals surface area contributed by atoms with Crippen LogP contribution in [-0.4, -0.2) is 25.7 Å². The first-order valence-corrected chi connectivity index (χ1v) is 12.0. The molecule has 37 heavy (non-hydrogen) atoms. The van der Waals surface area contributed by atoms with Gasteiger partial charge in [-0.15, -0.1) is 0 Å². The third-order valence-electron chi connectivity index (χ3n) is 5.53. The van der Waals surface area contributed by atoms with Gasteiger partial charge in [-0.3, -0.25) is 4.79 Å². The van der Waals surface area contributed by atoms with Crippen molar-refractivity contribution in [2.45, 2.75) is 4.90 Å². The van der Waals surface area contributed by atoms with E-state index in [1.807, 2.05) is 0 Å². The van der Waals surface area contributed by atoms with Gasteiger partial charge in [0.2, 0.25) is 5.56 Å². The Hall–Kier alpha value is -4.58. The smallest absolute Gasteiger partial charge is 0.270 e. The lowest BCUT2D eigenvalue weighted by molar-refractivity contribution is 0.413. The van der Waals surface area contributed by atoms with Gasteiger partial charge in [-0.1, -0.05) is 5.16 Å². The average Bonchev–Trinajstić information content (AvgIpc) is 3.37. The first-order chi connectivity index (χ1) is 17.7. The van der Waals surface area contributed by atoms with Crippen molar-refractivity contribution >= 4 is 32.4 Å². The van der Waals surface area contributed by atoms with E-state index < -0.39 is 27.5 Å². The molecule has 3 aromatic carbocycles. The van der Waals surface area contributed by atoms with Gasteiger partial charge in [0.15, 0.2) is 5.82 Å². The van der Waals surface area contributed by atoms with Gasteiger partial charge in [-0.25, -0.2) is 25.9 Å². The van der Waals surface area contributed by atoms with Crippen LogP contribution in [0.3, 0.4) is 0 Å². The zero-order chi connectivity index (χ0) is 26.3. The van der Waals surface area contributed by atoms with Crippen LogP contribution in [-0.2, 0) is 10.0 Å². The number of hydrogen-bond acceptors (Lipinski definition) is 6. The van der Waals surface area contributed by atoms with Crippen LogP contribution in [0.1, 0.15) is 0 Å². The fraction of sp³-hybridized carbons (Fsp3) is 0.0400. The number of hydrogen-bond donors (Lipinski definition) is 1. The molecular formula is C25H16F3N3O5S. The molecule has 0 aliphatic rings. The third-order valence-corrected chi connectivity index (χ3v) is 7.24. The zero-order valence-corrected chi connectivity index (χ0v) is 19.7. The summed E-state index contributed by atoms with van der Waals surface area (Å²) in [6, 6.07) is 12.5. The van der Waals surface area contributed by atoms with Crippen LogP contribution in [0.25, 0.3) is 22.0 Å². The van der Waals surface area contributed by atoms with Gasteiger partial charge in [0.25, 0.3) is 10.0 Å². The number of fused-ring (bicyclic) bond motifs is 1. The summed E-state index contributed by atoms with van der Waals surface area (Å²) >= 11 is 0. The maximum Gasteiger partial charge on any atom is 0.270 e. The Labute approximate surface area is 207 Å². The van der Waals surface area contributed by atoms with E-state index in [1.54, 1.807) is 0 Å². The highest BCUT2D eigenvalue weighted by Gasteiger charge is 2.32. The van der Waals surface area contributed by atoms with Gasteiger partial charge in [0.1, 0.15) is 35.2 Å². The normalized spacial score (nSPS) is 11.6. The molecule has 0 aliphatic carbocycles. The first kappa shape index (κ1) is 24.1. The van der Waals surface area contributed by atoms with E-state index in [2.05, 4.69) is 10.1 Å². The molecule has 5 rings (SSSR count). The fourth-order valence-corrected chi connectivity index (χ4v) is 5.35. The zero-order valence-electron chi connectivity index (χ0n) is 18.9. The summed E-state index contributed by atoms with van der Waals surface area (Å²) in [5, 5.41) is 4.15. The van der Waals surface area contributed by atoms with Gasteiger partial charge in [-0.2, -0.15) is 0 Å². The summed E-state index contributed by atoms with van der Waals surface area (Å²) < 4.78 is 81.6. The first-order valence-electron chi connectivity index (χ1n) is 10.6. The summed E-state index contributed by atoms with van der Waals surface area (Å²) in [5.41, 5.74) is -0.540. The van der Waals surface area contributed by atoms with Crippen LogP contribution in [0.4, 0.5) is 24.7 Å². The minimum atomic E-state index is -4.47. The topological polar surface area (TPSA) is 106 Å². The highest BCUT2D eigenvalue weighted by molar-refractivity contribution is 7.93. The number of benzene rings is 3. The van der Waals surface area contributed by atoms with Gasteiger partial charge in [-0.05, 0) is 53.4 Å². The van der Waals surface area contributed by atoms with Crippen molar-refractivity contribution in [3.05, 3.63) is 101 Å². The van der Waals surface area contributed by atoms with E-state index in [0.29, 0.717) is 17.0 Å². The van der Waals surface area contributed by atoms with E-state index in [-0.39, 0.29) is 38.8 Å². The fourth-order valence-electron chi connectivity index (χ4n) is 3.88. The van der Waals surface area contributed by atoms with Crippen molar-refractivity contribution in [3.8, 4) is 16.9 Å². The van der Waals surface area contributed by atoms with Crippen LogP contribution in [0.15, 0.2) is 87.2 Å². The van der Waals surface area contributed by atoms with Crippen molar-refractivity contribution in [3.63, 3.8) is 0 Å². The molecule has 0 aliphatic heterocycles. The van der Waals surface area contributed by atoms with Crippen LogP contribution >= 0.6 is 0 Å². The van der Waals surface area contributed by atoms with Crippen molar-refractivity contribution < 1.29 is 30.8 Å². The number of ether oxygens (including phenoxy) is 1. The molecule has 0 saturated carbocycles. The van der Waals surface area contributed by atoms with Crippen molar-refractivity contribution in [2.75, 3.05) is 11.4 Å². The minimum absolute atomic E-state index is 0.112. The predicted octanol–water partition coefficient (Wildman–Crippen LogP) is 5.14. The van der Waals surface area contributed by atoms with E-state index >= 15 is 4.39 Å². The molecule has 8 nitrogen and oxygen atoms in total. The number of H-pyrrole nitrogens is 1. The summed E-state index contributed by atoms with van der Waals surface area (Å²) in [6.07, 6.45) is 1.13.